The summed E-state index contributed by atoms with van der Waals surface area (Å²) < 4.78 is 10.7. The third-order valence-electron chi connectivity index (χ3n) is 4.62. The fourth-order valence-electron chi connectivity index (χ4n) is 2.11. The molecule has 0 heterocycles. The van der Waals surface area contributed by atoms with E-state index in [0.717, 1.165) is 0 Å². The van der Waals surface area contributed by atoms with Crippen LogP contribution in [0.3, 0.4) is 0 Å². The van der Waals surface area contributed by atoms with Crippen LogP contribution < -0.4 is 0 Å². The Labute approximate surface area is 160 Å². The van der Waals surface area contributed by atoms with Gasteiger partial charge in [0.1, 0.15) is 0 Å². The topological polar surface area (TPSA) is 110 Å². The van der Waals surface area contributed by atoms with Crippen LogP contribution >= 0.6 is 0 Å². The van der Waals surface area contributed by atoms with Crippen molar-refractivity contribution >= 4 is 26.2 Å². The van der Waals surface area contributed by atoms with E-state index in [2.05, 4.69) is 0 Å². The van der Waals surface area contributed by atoms with Crippen LogP contribution in [0.5, 0.6) is 0 Å². The molecule has 1 aromatic rings. The molecule has 0 aliphatic rings. The zero-order valence-corrected chi connectivity index (χ0v) is 17.4. The van der Waals surface area contributed by atoms with Crippen molar-refractivity contribution in [2.24, 2.45) is 0 Å². The molecule has 7 nitrogen and oxygen atoms in total. The maximum absolute atomic E-state index is 12.1. The lowest BCUT2D eigenvalue weighted by Crippen LogP contribution is -2.45. The van der Waals surface area contributed by atoms with Crippen molar-refractivity contribution in [3.8, 4) is 0 Å². The monoisotopic (exact) mass is 396 g/mol. The van der Waals surface area contributed by atoms with Gasteiger partial charge in [0.25, 0.3) is 0 Å². The first kappa shape index (κ1) is 23.0. The normalized spacial score (nSPS) is 14.3. The number of benzene rings is 1. The van der Waals surface area contributed by atoms with Crippen molar-refractivity contribution in [3.63, 3.8) is 0 Å². The summed E-state index contributed by atoms with van der Waals surface area (Å²) in [5.41, 5.74) is 0.301. The number of carboxylic acid groups (broad SMARTS) is 1. The van der Waals surface area contributed by atoms with Crippen LogP contribution in [0, 0.1) is 0 Å². The zero-order chi connectivity index (χ0) is 20.8. The number of hydrogen-bond donors (Lipinski definition) is 2. The van der Waals surface area contributed by atoms with E-state index >= 15 is 0 Å². The molecular weight excluding hydrogens is 368 g/mol. The highest BCUT2D eigenvalue weighted by Crippen LogP contribution is 2.38. The minimum atomic E-state index is -2.32. The standard InChI is InChI=1S/C19H28O7Si/c1-19(2,3)27(4,5)26-14(11-15(20)21)12-16(22)25-18(24)17(23)13-9-7-6-8-10-13/h6-10,14,17,23H,11-12H2,1-5H3,(H,20,21)/t14?,17-/m1/s1. The molecule has 0 saturated carbocycles. The van der Waals surface area contributed by atoms with E-state index in [-0.39, 0.29) is 17.9 Å². The van der Waals surface area contributed by atoms with Gasteiger partial charge in [-0.15, -0.1) is 0 Å². The van der Waals surface area contributed by atoms with E-state index in [4.69, 9.17) is 14.3 Å². The Bertz CT molecular complexity index is 664. The van der Waals surface area contributed by atoms with Crippen LogP contribution in [0.25, 0.3) is 0 Å². The molecule has 0 bridgehead atoms. The predicted octanol–water partition coefficient (Wildman–Crippen LogP) is 3.05. The van der Waals surface area contributed by atoms with Gasteiger partial charge < -0.3 is 19.4 Å². The Kier molecular flexibility index (Phi) is 7.88. The van der Waals surface area contributed by atoms with Gasteiger partial charge in [0.2, 0.25) is 0 Å². The smallest absolute Gasteiger partial charge is 0.347 e. The van der Waals surface area contributed by atoms with Gasteiger partial charge in [0, 0.05) is 0 Å². The number of hydrogen-bond acceptors (Lipinski definition) is 6. The molecule has 27 heavy (non-hydrogen) atoms. The van der Waals surface area contributed by atoms with Crippen LogP contribution in [-0.2, 0) is 23.5 Å². The molecular formula is C19H28O7Si. The highest BCUT2D eigenvalue weighted by atomic mass is 28.4. The molecule has 150 valence electrons. The van der Waals surface area contributed by atoms with Crippen LogP contribution in [0.15, 0.2) is 30.3 Å². The number of aliphatic hydroxyl groups is 1. The van der Waals surface area contributed by atoms with E-state index in [1.807, 2.05) is 33.9 Å². The summed E-state index contributed by atoms with van der Waals surface area (Å²) in [5, 5.41) is 18.9. The average Bonchev–Trinajstić information content (AvgIpc) is 2.52. The van der Waals surface area contributed by atoms with Crippen LogP contribution in [0.4, 0.5) is 0 Å². The summed E-state index contributed by atoms with van der Waals surface area (Å²) in [6.07, 6.45) is -3.25. The van der Waals surface area contributed by atoms with Gasteiger partial charge in [-0.1, -0.05) is 51.1 Å². The first-order chi connectivity index (χ1) is 12.3. The zero-order valence-electron chi connectivity index (χ0n) is 16.4. The highest BCUT2D eigenvalue weighted by molar-refractivity contribution is 6.74. The second kappa shape index (κ2) is 9.25. The number of carbonyl (C=O) groups is 3. The fourth-order valence-corrected chi connectivity index (χ4v) is 3.46. The van der Waals surface area contributed by atoms with Gasteiger partial charge in [-0.05, 0) is 23.7 Å². The SMILES string of the molecule is CC(C)(C)[Si](C)(C)OC(CC(=O)O)CC(=O)OC(=O)[C@H](O)c1ccccc1. The van der Waals surface area contributed by atoms with Crippen molar-refractivity contribution in [2.45, 2.75) is 64.0 Å². The summed E-state index contributed by atoms with van der Waals surface area (Å²) in [4.78, 5) is 35.2. The minimum absolute atomic E-state index is 0.174. The molecule has 0 aromatic heterocycles. The van der Waals surface area contributed by atoms with E-state index < -0.39 is 38.4 Å². The van der Waals surface area contributed by atoms with Crippen molar-refractivity contribution in [3.05, 3.63) is 35.9 Å². The van der Waals surface area contributed by atoms with E-state index in [0.29, 0.717) is 5.56 Å². The largest absolute Gasteiger partial charge is 0.481 e. The average molecular weight is 397 g/mol. The van der Waals surface area contributed by atoms with Gasteiger partial charge in [-0.3, -0.25) is 9.59 Å². The number of ether oxygens (including phenoxy) is 1. The Balaban J connectivity index is 2.76. The number of carboxylic acids is 1. The van der Waals surface area contributed by atoms with Crippen molar-refractivity contribution in [1.29, 1.82) is 0 Å². The lowest BCUT2D eigenvalue weighted by molar-refractivity contribution is -0.167. The third kappa shape index (κ3) is 7.24. The molecule has 2 N–H and O–H groups in total. The highest BCUT2D eigenvalue weighted by Gasteiger charge is 2.40. The maximum Gasteiger partial charge on any atom is 0.347 e. The molecule has 0 radical (unpaired) electrons. The number of esters is 2. The summed E-state index contributed by atoms with van der Waals surface area (Å²) in [6.45, 7) is 9.87. The molecule has 1 aromatic carbocycles. The number of aliphatic carboxylic acids is 1. The Morgan fingerprint density at radius 2 is 1.63 bits per heavy atom. The summed E-state index contributed by atoms with van der Waals surface area (Å²) in [5.74, 6) is -3.14. The first-order valence-corrected chi connectivity index (χ1v) is 11.6. The third-order valence-corrected chi connectivity index (χ3v) is 9.15. The van der Waals surface area contributed by atoms with E-state index in [1.165, 1.54) is 12.1 Å². The molecule has 2 atom stereocenters. The van der Waals surface area contributed by atoms with Crippen LogP contribution in [0.2, 0.25) is 18.1 Å². The van der Waals surface area contributed by atoms with E-state index in [1.54, 1.807) is 18.2 Å². The predicted molar refractivity (Wildman–Crippen MR) is 101 cm³/mol. The van der Waals surface area contributed by atoms with Gasteiger partial charge in [0.15, 0.2) is 14.4 Å². The van der Waals surface area contributed by atoms with Crippen molar-refractivity contribution in [2.75, 3.05) is 0 Å². The Hall–Kier alpha value is -2.03. The number of rotatable bonds is 8. The second-order valence-electron chi connectivity index (χ2n) is 7.91. The van der Waals surface area contributed by atoms with Crippen LogP contribution in [0.1, 0.15) is 45.3 Å². The summed E-state index contributed by atoms with van der Waals surface area (Å²) in [7, 11) is -2.32. The molecule has 0 saturated heterocycles. The fraction of sp³-hybridized carbons (Fsp3) is 0.526. The second-order valence-corrected chi connectivity index (χ2v) is 12.7. The number of carbonyl (C=O) groups excluding carboxylic acids is 2. The van der Waals surface area contributed by atoms with Gasteiger partial charge in [-0.2, -0.15) is 0 Å². The molecule has 1 unspecified atom stereocenters. The van der Waals surface area contributed by atoms with E-state index in [9.17, 15) is 19.5 Å². The van der Waals surface area contributed by atoms with Gasteiger partial charge in [0.05, 0.1) is 18.9 Å². The number of aliphatic hydroxyl groups excluding tert-OH is 1. The van der Waals surface area contributed by atoms with Crippen molar-refractivity contribution < 1.29 is 33.8 Å². The maximum atomic E-state index is 12.1. The minimum Gasteiger partial charge on any atom is -0.481 e. The summed E-state index contributed by atoms with van der Waals surface area (Å²) >= 11 is 0. The Morgan fingerprint density at radius 1 is 1.07 bits per heavy atom. The van der Waals surface area contributed by atoms with Gasteiger partial charge in [-0.25, -0.2) is 4.79 Å². The van der Waals surface area contributed by atoms with Gasteiger partial charge >= 0.3 is 17.9 Å². The lowest BCUT2D eigenvalue weighted by atomic mass is 10.1. The molecule has 0 aliphatic heterocycles. The molecule has 0 aliphatic carbocycles. The molecule has 0 spiro atoms. The van der Waals surface area contributed by atoms with Crippen LogP contribution in [-0.4, -0.2) is 42.5 Å². The first-order valence-electron chi connectivity index (χ1n) is 8.70. The summed E-state index contributed by atoms with van der Waals surface area (Å²) in [6, 6.07) is 8.07. The Morgan fingerprint density at radius 3 is 2.11 bits per heavy atom. The molecule has 0 fully saturated rings. The van der Waals surface area contributed by atoms with Crippen molar-refractivity contribution in [1.82, 2.24) is 0 Å². The lowest BCUT2D eigenvalue weighted by Gasteiger charge is -2.38. The molecule has 1 rings (SSSR count). The quantitative estimate of drug-likeness (QED) is 0.395. The molecule has 0 amide bonds. The molecule has 8 heteroatoms.